The molecule has 138 valence electrons. The van der Waals surface area contributed by atoms with Crippen LogP contribution in [0.15, 0.2) is 60.8 Å². The second kappa shape index (κ2) is 8.05. The molecule has 0 aliphatic carbocycles. The zero-order valence-electron chi connectivity index (χ0n) is 14.4. The quantitative estimate of drug-likeness (QED) is 0.537. The van der Waals surface area contributed by atoms with Crippen molar-refractivity contribution in [1.29, 1.82) is 0 Å². The van der Waals surface area contributed by atoms with E-state index < -0.39 is 11.7 Å². The van der Waals surface area contributed by atoms with E-state index in [2.05, 4.69) is 5.32 Å². The van der Waals surface area contributed by atoms with Gasteiger partial charge in [0.25, 0.3) is 5.91 Å². The normalized spacial score (nSPS) is 10.5. The third kappa shape index (κ3) is 4.17. The van der Waals surface area contributed by atoms with Crippen LogP contribution >= 0.6 is 11.6 Å². The second-order valence-corrected chi connectivity index (χ2v) is 6.18. The Labute approximate surface area is 160 Å². The van der Waals surface area contributed by atoms with Gasteiger partial charge in [0, 0.05) is 22.7 Å². The first-order chi connectivity index (χ1) is 13.0. The van der Waals surface area contributed by atoms with Gasteiger partial charge in [-0.3, -0.25) is 4.79 Å². The number of carbonyl (C=O) groups excluding carboxylic acids is 1. The standard InChI is InChI=1S/C20H16ClFN2O3/c1-27-19-11-14(21)6-7-16(19)13-5-8-18(22)17(10-13)20(25)23-12-15-4-2-3-9-24(15)26/h2-11H,12H2,1H3,(H,23,25). The average Bonchev–Trinajstić information content (AvgIpc) is 2.67. The van der Waals surface area contributed by atoms with E-state index >= 15 is 0 Å². The zero-order valence-corrected chi connectivity index (χ0v) is 15.2. The van der Waals surface area contributed by atoms with Crippen molar-refractivity contribution in [2.24, 2.45) is 0 Å². The fourth-order valence-electron chi connectivity index (χ4n) is 2.64. The number of amides is 1. The highest BCUT2D eigenvalue weighted by Crippen LogP contribution is 2.33. The molecule has 0 radical (unpaired) electrons. The summed E-state index contributed by atoms with van der Waals surface area (Å²) in [7, 11) is 1.50. The summed E-state index contributed by atoms with van der Waals surface area (Å²) in [5.74, 6) is -0.768. The van der Waals surface area contributed by atoms with Gasteiger partial charge in [-0.05, 0) is 42.0 Å². The minimum atomic E-state index is -0.660. The summed E-state index contributed by atoms with van der Waals surface area (Å²) >= 11 is 5.97. The highest BCUT2D eigenvalue weighted by molar-refractivity contribution is 6.30. The Bertz CT molecular complexity index is 995. The summed E-state index contributed by atoms with van der Waals surface area (Å²) in [6.45, 7) is -0.0168. The number of methoxy groups -OCH3 is 1. The molecule has 1 N–H and O–H groups in total. The number of aromatic nitrogens is 1. The summed E-state index contributed by atoms with van der Waals surface area (Å²) in [6, 6.07) is 14.1. The summed E-state index contributed by atoms with van der Waals surface area (Å²) in [5, 5.41) is 14.7. The first-order valence-electron chi connectivity index (χ1n) is 8.08. The Morgan fingerprint density at radius 3 is 2.78 bits per heavy atom. The van der Waals surface area contributed by atoms with Crippen LogP contribution in [0.4, 0.5) is 4.39 Å². The van der Waals surface area contributed by atoms with Gasteiger partial charge in [0.05, 0.1) is 12.7 Å². The number of benzene rings is 2. The topological polar surface area (TPSA) is 65.3 Å². The SMILES string of the molecule is COc1cc(Cl)ccc1-c1ccc(F)c(C(=O)NCc2cccc[n+]2[O-])c1. The second-order valence-electron chi connectivity index (χ2n) is 5.74. The lowest BCUT2D eigenvalue weighted by Crippen LogP contribution is -2.35. The number of nitrogens with zero attached hydrogens (tertiary/aromatic N) is 1. The van der Waals surface area contributed by atoms with Crippen LogP contribution in [-0.2, 0) is 6.54 Å². The molecule has 1 aromatic heterocycles. The van der Waals surface area contributed by atoms with Crippen molar-refractivity contribution in [3.05, 3.63) is 88.1 Å². The summed E-state index contributed by atoms with van der Waals surface area (Å²) in [6.07, 6.45) is 1.33. The lowest BCUT2D eigenvalue weighted by Gasteiger charge is -2.11. The van der Waals surface area contributed by atoms with Gasteiger partial charge < -0.3 is 15.3 Å². The molecular weight excluding hydrogens is 371 g/mol. The predicted molar refractivity (Wildman–Crippen MR) is 100.0 cm³/mol. The highest BCUT2D eigenvalue weighted by atomic mass is 35.5. The number of pyridine rings is 1. The van der Waals surface area contributed by atoms with Crippen LogP contribution in [0.5, 0.6) is 5.75 Å². The lowest BCUT2D eigenvalue weighted by atomic mass is 10.0. The van der Waals surface area contributed by atoms with E-state index in [0.717, 1.165) is 0 Å². The Hall–Kier alpha value is -3.12. The van der Waals surface area contributed by atoms with Crippen LogP contribution in [0, 0.1) is 11.0 Å². The van der Waals surface area contributed by atoms with Gasteiger partial charge in [-0.2, -0.15) is 4.73 Å². The fourth-order valence-corrected chi connectivity index (χ4v) is 2.80. The van der Waals surface area contributed by atoms with E-state index in [0.29, 0.717) is 32.3 Å². The van der Waals surface area contributed by atoms with Crippen molar-refractivity contribution in [1.82, 2.24) is 5.32 Å². The molecule has 7 heteroatoms. The zero-order chi connectivity index (χ0) is 19.4. The number of halogens is 2. The predicted octanol–water partition coefficient (Wildman–Crippen LogP) is 3.72. The smallest absolute Gasteiger partial charge is 0.254 e. The van der Waals surface area contributed by atoms with E-state index in [1.54, 1.807) is 42.5 Å². The first-order valence-corrected chi connectivity index (χ1v) is 8.46. The Kier molecular flexibility index (Phi) is 5.57. The van der Waals surface area contributed by atoms with Crippen LogP contribution in [0.1, 0.15) is 16.1 Å². The lowest BCUT2D eigenvalue weighted by molar-refractivity contribution is -0.614. The third-order valence-corrected chi connectivity index (χ3v) is 4.25. The molecule has 0 aliphatic rings. The summed E-state index contributed by atoms with van der Waals surface area (Å²) in [5.41, 5.74) is 1.50. The van der Waals surface area contributed by atoms with Gasteiger partial charge in [-0.25, -0.2) is 4.39 Å². The molecule has 5 nitrogen and oxygen atoms in total. The molecule has 2 aromatic carbocycles. The molecule has 0 saturated carbocycles. The van der Waals surface area contributed by atoms with E-state index in [9.17, 15) is 14.4 Å². The molecule has 0 fully saturated rings. The Morgan fingerprint density at radius 2 is 2.04 bits per heavy atom. The van der Waals surface area contributed by atoms with E-state index in [1.807, 2.05) is 0 Å². The van der Waals surface area contributed by atoms with E-state index in [4.69, 9.17) is 16.3 Å². The number of hydrogen-bond acceptors (Lipinski definition) is 3. The van der Waals surface area contributed by atoms with Crippen molar-refractivity contribution < 1.29 is 18.7 Å². The molecule has 1 heterocycles. The monoisotopic (exact) mass is 386 g/mol. The maximum absolute atomic E-state index is 14.2. The van der Waals surface area contributed by atoms with Crippen molar-refractivity contribution >= 4 is 17.5 Å². The molecule has 27 heavy (non-hydrogen) atoms. The average molecular weight is 387 g/mol. The highest BCUT2D eigenvalue weighted by Gasteiger charge is 2.16. The number of rotatable bonds is 5. The van der Waals surface area contributed by atoms with Gasteiger partial charge in [-0.1, -0.05) is 17.7 Å². The van der Waals surface area contributed by atoms with Crippen molar-refractivity contribution in [2.45, 2.75) is 6.54 Å². The third-order valence-electron chi connectivity index (χ3n) is 4.02. The summed E-state index contributed by atoms with van der Waals surface area (Å²) in [4.78, 5) is 12.4. The van der Waals surface area contributed by atoms with Gasteiger partial charge in [0.15, 0.2) is 6.20 Å². The van der Waals surface area contributed by atoms with Crippen molar-refractivity contribution in [3.63, 3.8) is 0 Å². The maximum atomic E-state index is 14.2. The van der Waals surface area contributed by atoms with Crippen molar-refractivity contribution in [3.8, 4) is 16.9 Å². The molecule has 0 bridgehead atoms. The molecule has 0 aliphatic heterocycles. The van der Waals surface area contributed by atoms with Crippen LogP contribution in [0.25, 0.3) is 11.1 Å². The number of hydrogen-bond donors (Lipinski definition) is 1. The van der Waals surface area contributed by atoms with Crippen molar-refractivity contribution in [2.75, 3.05) is 7.11 Å². The van der Waals surface area contributed by atoms with Gasteiger partial charge in [-0.15, -0.1) is 0 Å². The molecular formula is C20H16ClFN2O3. The number of ether oxygens (including phenoxy) is 1. The van der Waals surface area contributed by atoms with Gasteiger partial charge in [0.1, 0.15) is 18.1 Å². The molecule has 0 atom stereocenters. The number of nitrogens with one attached hydrogen (secondary N) is 1. The molecule has 0 unspecified atom stereocenters. The van der Waals surface area contributed by atoms with Gasteiger partial charge in [0.2, 0.25) is 5.69 Å². The van der Waals surface area contributed by atoms with Crippen LogP contribution < -0.4 is 14.8 Å². The first kappa shape index (κ1) is 18.7. The Balaban J connectivity index is 1.87. The fraction of sp³-hybridized carbons (Fsp3) is 0.100. The van der Waals surface area contributed by atoms with Crippen LogP contribution in [0.2, 0.25) is 5.02 Å². The molecule has 0 saturated heterocycles. The van der Waals surface area contributed by atoms with Crippen LogP contribution in [0.3, 0.4) is 0 Å². The van der Waals surface area contributed by atoms with Crippen LogP contribution in [-0.4, -0.2) is 13.0 Å². The van der Waals surface area contributed by atoms with Gasteiger partial charge >= 0.3 is 0 Å². The largest absolute Gasteiger partial charge is 0.618 e. The summed E-state index contributed by atoms with van der Waals surface area (Å²) < 4.78 is 20.2. The van der Waals surface area contributed by atoms with E-state index in [1.165, 1.54) is 25.4 Å². The number of carbonyl (C=O) groups is 1. The minimum Gasteiger partial charge on any atom is -0.618 e. The maximum Gasteiger partial charge on any atom is 0.254 e. The molecule has 1 amide bonds. The molecule has 0 spiro atoms. The van der Waals surface area contributed by atoms with E-state index in [-0.39, 0.29) is 12.1 Å². The molecule has 3 aromatic rings. The Morgan fingerprint density at radius 1 is 1.22 bits per heavy atom. The minimum absolute atomic E-state index is 0.0168. The molecule has 3 rings (SSSR count).